The maximum absolute atomic E-state index is 8.21. The first-order valence-corrected chi connectivity index (χ1v) is 3.85. The summed E-state index contributed by atoms with van der Waals surface area (Å²) in [5.41, 5.74) is 10.5. The molecule has 0 N–H and O–H groups in total. The molecule has 0 bridgehead atoms. The normalized spacial score (nSPS) is 10.9. The van der Waals surface area contributed by atoms with Crippen molar-refractivity contribution in [3.05, 3.63) is 45.8 Å². The first-order valence-electron chi connectivity index (χ1n) is 3.85. The van der Waals surface area contributed by atoms with Crippen molar-refractivity contribution in [2.24, 2.45) is 5.11 Å². The molecule has 1 aromatic rings. The average molecular weight is 177 g/mol. The summed E-state index contributed by atoms with van der Waals surface area (Å²) in [6.07, 6.45) is 0. The highest BCUT2D eigenvalue weighted by Gasteiger charge is 2.00. The highest BCUT2D eigenvalue weighted by atomic mass is 15.1. The molecule has 3 heteroatoms. The maximum Gasteiger partial charge on any atom is 0.0597 e. The van der Waals surface area contributed by atoms with Crippen LogP contribution in [0.3, 0.4) is 0 Å². The van der Waals surface area contributed by atoms with Gasteiger partial charge in [0.05, 0.1) is 6.04 Å². The van der Waals surface area contributed by atoms with Crippen molar-refractivity contribution < 1.29 is 0 Å². The summed E-state index contributed by atoms with van der Waals surface area (Å²) in [5, 5.41) is 3.61. The average Bonchev–Trinajstić information content (AvgIpc) is 2.06. The number of hydrogen-bond acceptors (Lipinski definition) is 1. The molecule has 1 rings (SSSR count). The van der Waals surface area contributed by atoms with E-state index in [9.17, 15) is 0 Å². The molecule has 0 heterocycles. The highest BCUT2D eigenvalue weighted by Crippen LogP contribution is 2.16. The second-order valence-electron chi connectivity index (χ2n) is 2.79. The van der Waals surface area contributed by atoms with E-state index < -0.39 is 0 Å². The summed E-state index contributed by atoms with van der Waals surface area (Å²) < 4.78 is 0. The molecule has 0 aliphatic carbocycles. The molecule has 13 heavy (non-hydrogen) atoms. The minimum atomic E-state index is -0.0735. The first kappa shape index (κ1) is 11.5. The molecule has 0 aliphatic rings. The molecule has 70 valence electrons. The van der Waals surface area contributed by atoms with Crippen LogP contribution in [-0.2, 0) is 0 Å². The van der Waals surface area contributed by atoms with Crippen LogP contribution >= 0.6 is 0 Å². The summed E-state index contributed by atoms with van der Waals surface area (Å²) >= 11 is 0. The standard InChI is InChI=1S/C9H11N3.CH4/c1-7-3-5-9(6-4-7)8(2)11-12-10;/h3-6,8H,1-2H3;1H4. The highest BCUT2D eigenvalue weighted by molar-refractivity contribution is 5.23. The molecule has 0 amide bonds. The summed E-state index contributed by atoms with van der Waals surface area (Å²) in [6, 6.07) is 7.91. The predicted molar refractivity (Wildman–Crippen MR) is 55.5 cm³/mol. The van der Waals surface area contributed by atoms with Crippen LogP contribution in [0, 0.1) is 6.92 Å². The van der Waals surface area contributed by atoms with Crippen LogP contribution in [0.5, 0.6) is 0 Å². The quantitative estimate of drug-likeness (QED) is 0.372. The Hall–Kier alpha value is -1.47. The van der Waals surface area contributed by atoms with Crippen molar-refractivity contribution in [2.75, 3.05) is 0 Å². The molecule has 0 radical (unpaired) electrons. The fourth-order valence-electron chi connectivity index (χ4n) is 0.989. The van der Waals surface area contributed by atoms with Crippen molar-refractivity contribution in [1.82, 2.24) is 0 Å². The Morgan fingerprint density at radius 3 is 2.31 bits per heavy atom. The van der Waals surface area contributed by atoms with Gasteiger partial charge in [0.15, 0.2) is 0 Å². The van der Waals surface area contributed by atoms with E-state index >= 15 is 0 Å². The topological polar surface area (TPSA) is 48.8 Å². The van der Waals surface area contributed by atoms with Gasteiger partial charge in [-0.2, -0.15) is 0 Å². The van der Waals surface area contributed by atoms with Gasteiger partial charge < -0.3 is 0 Å². The minimum Gasteiger partial charge on any atom is -0.0862 e. The number of benzene rings is 1. The fraction of sp³-hybridized carbons (Fsp3) is 0.400. The van der Waals surface area contributed by atoms with E-state index in [-0.39, 0.29) is 13.5 Å². The molecule has 0 aliphatic heterocycles. The molecule has 0 aromatic heterocycles. The van der Waals surface area contributed by atoms with Crippen LogP contribution in [0.1, 0.15) is 31.5 Å². The third-order valence-corrected chi connectivity index (χ3v) is 1.78. The monoisotopic (exact) mass is 177 g/mol. The van der Waals surface area contributed by atoms with Gasteiger partial charge in [0.2, 0.25) is 0 Å². The van der Waals surface area contributed by atoms with Crippen LogP contribution in [0.2, 0.25) is 0 Å². The summed E-state index contributed by atoms with van der Waals surface area (Å²) in [7, 11) is 0. The smallest absolute Gasteiger partial charge is 0.0597 e. The zero-order valence-corrected chi connectivity index (χ0v) is 7.23. The fourth-order valence-corrected chi connectivity index (χ4v) is 0.989. The van der Waals surface area contributed by atoms with Crippen molar-refractivity contribution in [1.29, 1.82) is 0 Å². The molecule has 0 saturated carbocycles. The third kappa shape index (κ3) is 3.18. The molecule has 1 aromatic carbocycles. The van der Waals surface area contributed by atoms with E-state index in [1.54, 1.807) is 0 Å². The molecular formula is C10H15N3. The van der Waals surface area contributed by atoms with Gasteiger partial charge in [0.1, 0.15) is 0 Å². The van der Waals surface area contributed by atoms with Crippen LogP contribution in [0.25, 0.3) is 10.4 Å². The Morgan fingerprint density at radius 2 is 1.85 bits per heavy atom. The van der Waals surface area contributed by atoms with E-state index in [4.69, 9.17) is 5.53 Å². The Kier molecular flexibility index (Phi) is 4.63. The summed E-state index contributed by atoms with van der Waals surface area (Å²) in [5.74, 6) is 0. The minimum absolute atomic E-state index is 0. The van der Waals surface area contributed by atoms with E-state index in [0.717, 1.165) is 5.56 Å². The van der Waals surface area contributed by atoms with E-state index in [0.29, 0.717) is 0 Å². The van der Waals surface area contributed by atoms with Gasteiger partial charge in [-0.25, -0.2) is 0 Å². The molecular weight excluding hydrogens is 162 g/mol. The lowest BCUT2D eigenvalue weighted by Crippen LogP contribution is -1.87. The first-order chi connectivity index (χ1) is 5.74. The SMILES string of the molecule is C.Cc1ccc(C(C)N=[N+]=[N-])cc1. The number of azide groups is 1. The molecule has 0 spiro atoms. The summed E-state index contributed by atoms with van der Waals surface area (Å²) in [6.45, 7) is 3.91. The zero-order valence-electron chi connectivity index (χ0n) is 7.23. The Morgan fingerprint density at radius 1 is 1.31 bits per heavy atom. The van der Waals surface area contributed by atoms with E-state index in [1.165, 1.54) is 5.56 Å². The van der Waals surface area contributed by atoms with E-state index in [2.05, 4.69) is 10.0 Å². The Bertz CT molecular complexity index is 296. The Balaban J connectivity index is 0.00000144. The van der Waals surface area contributed by atoms with Gasteiger partial charge in [-0.15, -0.1) is 0 Å². The second-order valence-corrected chi connectivity index (χ2v) is 2.79. The zero-order chi connectivity index (χ0) is 8.97. The lowest BCUT2D eigenvalue weighted by molar-refractivity contribution is 0.807. The van der Waals surface area contributed by atoms with Gasteiger partial charge in [0, 0.05) is 4.91 Å². The largest absolute Gasteiger partial charge is 0.0862 e. The molecule has 1 unspecified atom stereocenters. The van der Waals surface area contributed by atoms with Crippen LogP contribution < -0.4 is 0 Å². The van der Waals surface area contributed by atoms with Crippen molar-refractivity contribution in [3.8, 4) is 0 Å². The van der Waals surface area contributed by atoms with Gasteiger partial charge in [-0.1, -0.05) is 49.3 Å². The van der Waals surface area contributed by atoms with Gasteiger partial charge >= 0.3 is 0 Å². The molecule has 0 saturated heterocycles. The van der Waals surface area contributed by atoms with E-state index in [1.807, 2.05) is 38.1 Å². The van der Waals surface area contributed by atoms with Gasteiger partial charge in [-0.3, -0.25) is 0 Å². The lowest BCUT2D eigenvalue weighted by Gasteiger charge is -2.03. The van der Waals surface area contributed by atoms with Crippen molar-refractivity contribution >= 4 is 0 Å². The number of nitrogens with zero attached hydrogens (tertiary/aromatic N) is 3. The maximum atomic E-state index is 8.21. The lowest BCUT2D eigenvalue weighted by atomic mass is 10.1. The van der Waals surface area contributed by atoms with Crippen molar-refractivity contribution in [3.63, 3.8) is 0 Å². The molecule has 1 atom stereocenters. The molecule has 3 nitrogen and oxygen atoms in total. The van der Waals surface area contributed by atoms with Crippen LogP contribution in [-0.4, -0.2) is 0 Å². The Labute approximate surface area is 79.0 Å². The second kappa shape index (κ2) is 5.22. The van der Waals surface area contributed by atoms with Gasteiger partial charge in [0.25, 0.3) is 0 Å². The predicted octanol–water partition coefficient (Wildman–Crippen LogP) is 4.00. The molecule has 0 fully saturated rings. The summed E-state index contributed by atoms with van der Waals surface area (Å²) in [4.78, 5) is 2.76. The third-order valence-electron chi connectivity index (χ3n) is 1.78. The number of aryl methyl sites for hydroxylation is 1. The van der Waals surface area contributed by atoms with Crippen LogP contribution in [0.15, 0.2) is 29.4 Å². The number of hydrogen-bond donors (Lipinski definition) is 0. The van der Waals surface area contributed by atoms with Crippen LogP contribution in [0.4, 0.5) is 0 Å². The number of rotatable bonds is 2. The van der Waals surface area contributed by atoms with Gasteiger partial charge in [-0.05, 0) is 18.0 Å². The van der Waals surface area contributed by atoms with Crippen molar-refractivity contribution in [2.45, 2.75) is 27.3 Å².